The van der Waals surface area contributed by atoms with Crippen molar-refractivity contribution >= 4 is 0 Å². The number of benzene rings is 1. The second-order valence-corrected chi connectivity index (χ2v) is 5.72. The molecule has 0 N–H and O–H groups in total. The molecule has 1 heterocycles. The minimum absolute atomic E-state index is 0.228. The molecule has 1 aromatic carbocycles. The Balaban J connectivity index is 2.07. The zero-order valence-corrected chi connectivity index (χ0v) is 13.0. The van der Waals surface area contributed by atoms with E-state index in [1.54, 1.807) is 12.1 Å². The summed E-state index contributed by atoms with van der Waals surface area (Å²) in [5.41, 5.74) is 2.01. The van der Waals surface area contributed by atoms with Crippen LogP contribution < -0.4 is 4.74 Å². The van der Waals surface area contributed by atoms with Crippen molar-refractivity contribution in [2.75, 3.05) is 0 Å². The fourth-order valence-electron chi connectivity index (χ4n) is 2.16. The highest BCUT2D eigenvalue weighted by Gasteiger charge is 2.10. The van der Waals surface area contributed by atoms with Crippen LogP contribution in [0.3, 0.4) is 0 Å². The van der Waals surface area contributed by atoms with Crippen molar-refractivity contribution in [2.24, 2.45) is 5.92 Å². The van der Waals surface area contributed by atoms with Gasteiger partial charge in [0.1, 0.15) is 12.4 Å². The second-order valence-electron chi connectivity index (χ2n) is 5.72. The van der Waals surface area contributed by atoms with E-state index in [1.807, 2.05) is 10.7 Å². The first-order valence-corrected chi connectivity index (χ1v) is 7.52. The van der Waals surface area contributed by atoms with Gasteiger partial charge in [-0.2, -0.15) is 5.10 Å². The van der Waals surface area contributed by atoms with Crippen molar-refractivity contribution in [3.63, 3.8) is 0 Å². The molecule has 0 saturated heterocycles. The van der Waals surface area contributed by atoms with Gasteiger partial charge in [0, 0.05) is 12.6 Å². The third kappa shape index (κ3) is 4.59. The predicted molar refractivity (Wildman–Crippen MR) is 81.8 cm³/mol. The summed E-state index contributed by atoms with van der Waals surface area (Å²) in [6.07, 6.45) is 2.02. The van der Waals surface area contributed by atoms with Gasteiger partial charge in [0.15, 0.2) is 0 Å². The molecule has 0 spiro atoms. The van der Waals surface area contributed by atoms with Gasteiger partial charge in [-0.1, -0.05) is 39.3 Å². The lowest BCUT2D eigenvalue weighted by atomic mass is 10.2. The van der Waals surface area contributed by atoms with Crippen LogP contribution in [0, 0.1) is 11.7 Å². The van der Waals surface area contributed by atoms with Gasteiger partial charge in [0.05, 0.1) is 5.69 Å². The molecule has 3 nitrogen and oxygen atoms in total. The topological polar surface area (TPSA) is 27.1 Å². The Kier molecular flexibility index (Phi) is 5.37. The molecule has 0 fully saturated rings. The van der Waals surface area contributed by atoms with E-state index in [0.29, 0.717) is 12.5 Å². The van der Waals surface area contributed by atoms with Crippen LogP contribution in [0.1, 0.15) is 38.4 Å². The van der Waals surface area contributed by atoms with Gasteiger partial charge < -0.3 is 4.74 Å². The van der Waals surface area contributed by atoms with E-state index in [-0.39, 0.29) is 5.82 Å². The van der Waals surface area contributed by atoms with Gasteiger partial charge in [0.2, 0.25) is 5.88 Å². The summed E-state index contributed by atoms with van der Waals surface area (Å²) in [6, 6.07) is 8.39. The fourth-order valence-corrected chi connectivity index (χ4v) is 2.16. The van der Waals surface area contributed by atoms with Crippen molar-refractivity contribution in [2.45, 2.75) is 46.8 Å². The Hall–Kier alpha value is -1.84. The van der Waals surface area contributed by atoms with E-state index in [2.05, 4.69) is 25.9 Å². The molecule has 114 valence electrons. The van der Waals surface area contributed by atoms with E-state index < -0.39 is 0 Å². The largest absolute Gasteiger partial charge is 0.473 e. The molecule has 0 aliphatic rings. The van der Waals surface area contributed by atoms with Gasteiger partial charge >= 0.3 is 0 Å². The van der Waals surface area contributed by atoms with Crippen LogP contribution in [0.15, 0.2) is 30.3 Å². The summed E-state index contributed by atoms with van der Waals surface area (Å²) in [6.45, 7) is 7.72. The third-order valence-corrected chi connectivity index (χ3v) is 3.14. The molecule has 0 amide bonds. The molecule has 2 rings (SSSR count). The Labute approximate surface area is 125 Å². The zero-order chi connectivity index (χ0) is 15.2. The smallest absolute Gasteiger partial charge is 0.212 e. The van der Waals surface area contributed by atoms with E-state index >= 15 is 0 Å². The highest BCUT2D eigenvalue weighted by atomic mass is 19.1. The Morgan fingerprint density at radius 2 is 1.95 bits per heavy atom. The molecule has 21 heavy (non-hydrogen) atoms. The maximum absolute atomic E-state index is 12.9. The Morgan fingerprint density at radius 1 is 1.24 bits per heavy atom. The van der Waals surface area contributed by atoms with E-state index in [1.165, 1.54) is 12.1 Å². The lowest BCUT2D eigenvalue weighted by Gasteiger charge is -2.11. The third-order valence-electron chi connectivity index (χ3n) is 3.14. The molecule has 0 atom stereocenters. The molecule has 2 aromatic rings. The first kappa shape index (κ1) is 15.5. The molecule has 0 bridgehead atoms. The predicted octanol–water partition coefficient (Wildman–Crippen LogP) is 4.21. The van der Waals surface area contributed by atoms with Crippen molar-refractivity contribution in [1.29, 1.82) is 0 Å². The average molecular weight is 290 g/mol. The monoisotopic (exact) mass is 290 g/mol. The molecule has 0 aliphatic heterocycles. The Bertz CT molecular complexity index is 561. The van der Waals surface area contributed by atoms with Crippen LogP contribution >= 0.6 is 0 Å². The lowest BCUT2D eigenvalue weighted by molar-refractivity contribution is 0.265. The zero-order valence-electron chi connectivity index (χ0n) is 13.0. The molecule has 0 aliphatic carbocycles. The molecular weight excluding hydrogens is 267 g/mol. The van der Waals surface area contributed by atoms with Gasteiger partial charge in [-0.05, 0) is 30.0 Å². The minimum atomic E-state index is -0.228. The van der Waals surface area contributed by atoms with Gasteiger partial charge in [0.25, 0.3) is 0 Å². The number of rotatable bonds is 7. The van der Waals surface area contributed by atoms with Crippen LogP contribution in [-0.4, -0.2) is 9.78 Å². The van der Waals surface area contributed by atoms with Crippen LogP contribution in [0.4, 0.5) is 4.39 Å². The van der Waals surface area contributed by atoms with Crippen LogP contribution in [0.5, 0.6) is 5.88 Å². The van der Waals surface area contributed by atoms with E-state index in [4.69, 9.17) is 4.74 Å². The van der Waals surface area contributed by atoms with Crippen molar-refractivity contribution in [3.8, 4) is 5.88 Å². The van der Waals surface area contributed by atoms with Crippen LogP contribution in [0.25, 0.3) is 0 Å². The lowest BCUT2D eigenvalue weighted by Crippen LogP contribution is -2.09. The maximum Gasteiger partial charge on any atom is 0.212 e. The van der Waals surface area contributed by atoms with E-state index in [9.17, 15) is 4.39 Å². The number of hydrogen-bond acceptors (Lipinski definition) is 2. The van der Waals surface area contributed by atoms with Crippen molar-refractivity contribution in [1.82, 2.24) is 9.78 Å². The first-order chi connectivity index (χ1) is 10.1. The SMILES string of the molecule is CCCc1cc(OCc2ccc(F)cc2)n(CC(C)C)n1. The summed E-state index contributed by atoms with van der Waals surface area (Å²) < 4.78 is 20.7. The molecule has 0 radical (unpaired) electrons. The normalized spacial score (nSPS) is 11.1. The van der Waals surface area contributed by atoms with Crippen molar-refractivity contribution in [3.05, 3.63) is 47.4 Å². The van der Waals surface area contributed by atoms with Crippen molar-refractivity contribution < 1.29 is 9.13 Å². The highest BCUT2D eigenvalue weighted by Crippen LogP contribution is 2.18. The molecule has 0 saturated carbocycles. The summed E-state index contributed by atoms with van der Waals surface area (Å²) in [5, 5.41) is 4.60. The van der Waals surface area contributed by atoms with Gasteiger partial charge in [-0.15, -0.1) is 0 Å². The number of hydrogen-bond donors (Lipinski definition) is 0. The van der Waals surface area contributed by atoms with Gasteiger partial charge in [-0.3, -0.25) is 0 Å². The summed E-state index contributed by atoms with van der Waals surface area (Å²) in [7, 11) is 0. The van der Waals surface area contributed by atoms with Crippen LogP contribution in [-0.2, 0) is 19.6 Å². The molecule has 0 unspecified atom stereocenters. The molecular formula is C17H23FN2O. The van der Waals surface area contributed by atoms with Gasteiger partial charge in [-0.25, -0.2) is 9.07 Å². The summed E-state index contributed by atoms with van der Waals surface area (Å²) in [5.74, 6) is 1.07. The quantitative estimate of drug-likeness (QED) is 0.763. The van der Waals surface area contributed by atoms with E-state index in [0.717, 1.165) is 36.5 Å². The Morgan fingerprint density at radius 3 is 2.57 bits per heavy atom. The minimum Gasteiger partial charge on any atom is -0.473 e. The fraction of sp³-hybridized carbons (Fsp3) is 0.471. The first-order valence-electron chi connectivity index (χ1n) is 7.52. The average Bonchev–Trinajstić information content (AvgIpc) is 2.80. The highest BCUT2D eigenvalue weighted by molar-refractivity contribution is 5.19. The maximum atomic E-state index is 12.9. The summed E-state index contributed by atoms with van der Waals surface area (Å²) in [4.78, 5) is 0. The standard InChI is InChI=1S/C17H23FN2O/c1-4-5-16-10-17(20(19-16)11-13(2)3)21-12-14-6-8-15(18)9-7-14/h6-10,13H,4-5,11-12H2,1-3H3. The molecule has 4 heteroatoms. The number of nitrogens with zero attached hydrogens (tertiary/aromatic N) is 2. The number of aromatic nitrogens is 2. The number of halogens is 1. The second kappa shape index (κ2) is 7.25. The van der Waals surface area contributed by atoms with Crippen LogP contribution in [0.2, 0.25) is 0 Å². The summed E-state index contributed by atoms with van der Waals surface area (Å²) >= 11 is 0. The number of ether oxygens (including phenoxy) is 1. The molecule has 1 aromatic heterocycles. The number of aryl methyl sites for hydroxylation is 1.